The molecule has 2 atom stereocenters. The highest BCUT2D eigenvalue weighted by Gasteiger charge is 2.40. The van der Waals surface area contributed by atoms with E-state index in [1.54, 1.807) is 26.0 Å². The molecule has 0 aliphatic heterocycles. The minimum absolute atomic E-state index is 0.293. The van der Waals surface area contributed by atoms with Crippen LogP contribution in [-0.4, -0.2) is 22.0 Å². The summed E-state index contributed by atoms with van der Waals surface area (Å²) in [7, 11) is 0. The van der Waals surface area contributed by atoms with Crippen molar-refractivity contribution < 1.29 is 14.6 Å². The average molecular weight is 287 g/mol. The number of aliphatic hydroxyl groups excluding tert-OH is 1. The number of aliphatic hydroxyl groups is 1. The summed E-state index contributed by atoms with van der Waals surface area (Å²) in [6.07, 6.45) is -0.937. The Hall–Kier alpha value is -0.870. The molecule has 16 heavy (non-hydrogen) atoms. The van der Waals surface area contributed by atoms with Gasteiger partial charge in [0.05, 0.1) is 6.61 Å². The van der Waals surface area contributed by atoms with Gasteiger partial charge in [0.1, 0.15) is 10.4 Å². The molecular weight excluding hydrogens is 272 g/mol. The number of esters is 1. The lowest BCUT2D eigenvalue weighted by Crippen LogP contribution is -2.37. The lowest BCUT2D eigenvalue weighted by Gasteiger charge is -2.26. The summed E-state index contributed by atoms with van der Waals surface area (Å²) in [5, 5.41) is 10.1. The third kappa shape index (κ3) is 2.83. The van der Waals surface area contributed by atoms with Gasteiger partial charge in [0.15, 0.2) is 0 Å². The highest BCUT2D eigenvalue weighted by Crippen LogP contribution is 2.34. The second-order valence-electron chi connectivity index (χ2n) is 3.61. The zero-order valence-electron chi connectivity index (χ0n) is 9.31. The maximum Gasteiger partial charge on any atom is 0.325 e. The first-order chi connectivity index (χ1) is 7.50. The molecule has 0 aliphatic carbocycles. The van der Waals surface area contributed by atoms with Crippen molar-refractivity contribution in [1.82, 2.24) is 0 Å². The summed E-state index contributed by atoms with van der Waals surface area (Å²) < 4.78 is 3.78. The summed E-state index contributed by atoms with van der Waals surface area (Å²) in [5.41, 5.74) is 0.676. The maximum absolute atomic E-state index is 11.7. The van der Waals surface area contributed by atoms with E-state index in [2.05, 4.69) is 15.9 Å². The number of alkyl halides is 1. The second kappa shape index (κ2) is 5.46. The molecule has 0 radical (unpaired) electrons. The maximum atomic E-state index is 11.7. The standard InChI is InChI=1S/C12H15BrO3/c1-3-16-11(15)12(2,13)10(14)9-7-5-4-6-8-9/h4-8,10,14H,3H2,1-2H3/t10-,12+/m0/s1. The van der Waals surface area contributed by atoms with Gasteiger partial charge in [-0.05, 0) is 19.4 Å². The molecule has 0 amide bonds. The van der Waals surface area contributed by atoms with Crippen LogP contribution in [0, 0.1) is 0 Å². The van der Waals surface area contributed by atoms with Crippen molar-refractivity contribution in [2.75, 3.05) is 6.61 Å². The smallest absolute Gasteiger partial charge is 0.325 e. The molecule has 0 aromatic heterocycles. The summed E-state index contributed by atoms with van der Waals surface area (Å²) in [6, 6.07) is 9.01. The molecule has 1 aromatic carbocycles. The number of rotatable bonds is 4. The summed E-state index contributed by atoms with van der Waals surface area (Å²) in [6.45, 7) is 3.63. The van der Waals surface area contributed by atoms with Crippen LogP contribution in [0.25, 0.3) is 0 Å². The predicted octanol–water partition coefficient (Wildman–Crippen LogP) is 2.44. The fourth-order valence-corrected chi connectivity index (χ4v) is 1.71. The lowest BCUT2D eigenvalue weighted by molar-refractivity contribution is -0.148. The van der Waals surface area contributed by atoms with Crippen LogP contribution in [0.4, 0.5) is 0 Å². The van der Waals surface area contributed by atoms with Crippen LogP contribution in [-0.2, 0) is 9.53 Å². The van der Waals surface area contributed by atoms with E-state index < -0.39 is 16.4 Å². The Bertz CT molecular complexity index is 349. The molecular formula is C12H15BrO3. The van der Waals surface area contributed by atoms with Crippen molar-refractivity contribution >= 4 is 21.9 Å². The fraction of sp³-hybridized carbons (Fsp3) is 0.417. The summed E-state index contributed by atoms with van der Waals surface area (Å²) >= 11 is 3.23. The van der Waals surface area contributed by atoms with Crippen LogP contribution in [0.5, 0.6) is 0 Å². The number of carbonyl (C=O) groups excluding carboxylic acids is 1. The molecule has 0 spiro atoms. The van der Waals surface area contributed by atoms with Gasteiger partial charge in [0.2, 0.25) is 0 Å². The summed E-state index contributed by atoms with van der Waals surface area (Å²) in [5.74, 6) is -0.466. The Kier molecular flexibility index (Phi) is 4.50. The van der Waals surface area contributed by atoms with Crippen molar-refractivity contribution in [2.45, 2.75) is 24.3 Å². The Morgan fingerprint density at radius 2 is 2.06 bits per heavy atom. The Morgan fingerprint density at radius 3 is 2.56 bits per heavy atom. The highest BCUT2D eigenvalue weighted by atomic mass is 79.9. The van der Waals surface area contributed by atoms with Crippen LogP contribution in [0.1, 0.15) is 25.5 Å². The quantitative estimate of drug-likeness (QED) is 0.683. The van der Waals surface area contributed by atoms with E-state index in [4.69, 9.17) is 4.74 Å². The third-order valence-corrected chi connectivity index (χ3v) is 3.06. The monoisotopic (exact) mass is 286 g/mol. The number of ether oxygens (including phenoxy) is 1. The Labute approximate surface area is 104 Å². The predicted molar refractivity (Wildman–Crippen MR) is 65.4 cm³/mol. The van der Waals surface area contributed by atoms with Crippen molar-refractivity contribution in [1.29, 1.82) is 0 Å². The molecule has 0 saturated carbocycles. The van der Waals surface area contributed by atoms with Gasteiger partial charge in [-0.25, -0.2) is 0 Å². The van der Waals surface area contributed by atoms with Gasteiger partial charge in [-0.3, -0.25) is 4.79 Å². The van der Waals surface area contributed by atoms with Gasteiger partial charge < -0.3 is 9.84 Å². The Morgan fingerprint density at radius 1 is 1.50 bits per heavy atom. The summed E-state index contributed by atoms with van der Waals surface area (Å²) in [4.78, 5) is 11.7. The second-order valence-corrected chi connectivity index (χ2v) is 5.26. The number of hydrogen-bond donors (Lipinski definition) is 1. The average Bonchev–Trinajstić information content (AvgIpc) is 2.29. The fourth-order valence-electron chi connectivity index (χ4n) is 1.33. The van der Waals surface area contributed by atoms with E-state index in [0.717, 1.165) is 0 Å². The van der Waals surface area contributed by atoms with Crippen molar-refractivity contribution in [3.05, 3.63) is 35.9 Å². The molecule has 0 saturated heterocycles. The third-order valence-electron chi connectivity index (χ3n) is 2.30. The SMILES string of the molecule is CCOC(=O)[C@](C)(Br)[C@@H](O)c1ccccc1. The minimum Gasteiger partial charge on any atom is -0.465 e. The van der Waals surface area contributed by atoms with E-state index in [1.807, 2.05) is 18.2 Å². The zero-order chi connectivity index (χ0) is 12.2. The molecule has 4 heteroatoms. The molecule has 88 valence electrons. The van der Waals surface area contributed by atoms with Gasteiger partial charge in [0, 0.05) is 0 Å². The molecule has 0 heterocycles. The first-order valence-electron chi connectivity index (χ1n) is 5.09. The van der Waals surface area contributed by atoms with E-state index >= 15 is 0 Å². The van der Waals surface area contributed by atoms with Crippen LogP contribution >= 0.6 is 15.9 Å². The first kappa shape index (κ1) is 13.2. The molecule has 1 rings (SSSR count). The first-order valence-corrected chi connectivity index (χ1v) is 5.88. The van der Waals surface area contributed by atoms with Crippen LogP contribution in [0.3, 0.4) is 0 Å². The van der Waals surface area contributed by atoms with E-state index in [-0.39, 0.29) is 0 Å². The number of halogens is 1. The number of hydrogen-bond acceptors (Lipinski definition) is 3. The van der Waals surface area contributed by atoms with Gasteiger partial charge in [-0.1, -0.05) is 46.3 Å². The zero-order valence-corrected chi connectivity index (χ0v) is 10.9. The molecule has 0 fully saturated rings. The van der Waals surface area contributed by atoms with Crippen molar-refractivity contribution in [3.63, 3.8) is 0 Å². The molecule has 1 N–H and O–H groups in total. The Balaban J connectivity index is 2.87. The van der Waals surface area contributed by atoms with Crippen molar-refractivity contribution in [3.8, 4) is 0 Å². The van der Waals surface area contributed by atoms with Gasteiger partial charge >= 0.3 is 5.97 Å². The van der Waals surface area contributed by atoms with Gasteiger partial charge in [0.25, 0.3) is 0 Å². The van der Waals surface area contributed by atoms with Crippen molar-refractivity contribution in [2.24, 2.45) is 0 Å². The molecule has 0 aliphatic rings. The largest absolute Gasteiger partial charge is 0.465 e. The van der Waals surface area contributed by atoms with E-state index in [0.29, 0.717) is 12.2 Å². The normalized spacial score (nSPS) is 16.2. The van der Waals surface area contributed by atoms with E-state index in [9.17, 15) is 9.90 Å². The molecule has 0 unspecified atom stereocenters. The van der Waals surface area contributed by atoms with Crippen LogP contribution in [0.2, 0.25) is 0 Å². The highest BCUT2D eigenvalue weighted by molar-refractivity contribution is 9.10. The van der Waals surface area contributed by atoms with Gasteiger partial charge in [-0.2, -0.15) is 0 Å². The van der Waals surface area contributed by atoms with E-state index in [1.165, 1.54) is 0 Å². The molecule has 3 nitrogen and oxygen atoms in total. The molecule has 0 bridgehead atoms. The number of carbonyl (C=O) groups is 1. The van der Waals surface area contributed by atoms with Gasteiger partial charge in [-0.15, -0.1) is 0 Å². The lowest BCUT2D eigenvalue weighted by atomic mass is 9.97. The van der Waals surface area contributed by atoms with Crippen LogP contribution < -0.4 is 0 Å². The molecule has 1 aromatic rings. The van der Waals surface area contributed by atoms with Crippen LogP contribution in [0.15, 0.2) is 30.3 Å². The minimum atomic E-state index is -1.12. The number of benzene rings is 1. The topological polar surface area (TPSA) is 46.5 Å².